The molecule has 5 nitrogen and oxygen atoms in total. The summed E-state index contributed by atoms with van der Waals surface area (Å²) in [5.41, 5.74) is 2.00. The molecule has 0 radical (unpaired) electrons. The Hall–Kier alpha value is -1.40. The van der Waals surface area contributed by atoms with Gasteiger partial charge in [0, 0.05) is 0 Å². The van der Waals surface area contributed by atoms with Crippen LogP contribution in [-0.4, -0.2) is 37.6 Å². The van der Waals surface area contributed by atoms with Crippen molar-refractivity contribution in [1.29, 1.82) is 0 Å². The zero-order valence-electron chi connectivity index (χ0n) is 11.3. The third kappa shape index (κ3) is 3.58. The molecule has 1 heterocycles. The van der Waals surface area contributed by atoms with E-state index in [0.29, 0.717) is 6.61 Å². The maximum absolute atomic E-state index is 12.1. The number of carboxylic acids is 1. The molecule has 2 unspecified atom stereocenters. The van der Waals surface area contributed by atoms with E-state index in [2.05, 4.69) is 0 Å². The van der Waals surface area contributed by atoms with E-state index in [1.54, 1.807) is 0 Å². The first-order valence-corrected chi connectivity index (χ1v) is 8.34. The quantitative estimate of drug-likeness (QED) is 0.889. The van der Waals surface area contributed by atoms with Crippen molar-refractivity contribution in [2.24, 2.45) is 5.92 Å². The van der Waals surface area contributed by atoms with Crippen LogP contribution in [0.3, 0.4) is 0 Å². The zero-order valence-corrected chi connectivity index (χ0v) is 12.1. The van der Waals surface area contributed by atoms with Gasteiger partial charge in [-0.3, -0.25) is 4.79 Å². The molecular formula is C14H18O5S. The normalized spacial score (nSPS) is 20.1. The van der Waals surface area contributed by atoms with Gasteiger partial charge in [-0.15, -0.1) is 0 Å². The van der Waals surface area contributed by atoms with Crippen LogP contribution >= 0.6 is 0 Å². The van der Waals surface area contributed by atoms with Crippen molar-refractivity contribution in [3.8, 4) is 0 Å². The minimum absolute atomic E-state index is 0.165. The topological polar surface area (TPSA) is 80.7 Å². The second-order valence-corrected chi connectivity index (χ2v) is 7.28. The van der Waals surface area contributed by atoms with Crippen LogP contribution in [0.25, 0.3) is 0 Å². The SMILES string of the molecule is CC(CS(=O)(=O)CC1OCCc2ccccc21)C(=O)O. The van der Waals surface area contributed by atoms with Crippen LogP contribution in [0.5, 0.6) is 0 Å². The largest absolute Gasteiger partial charge is 0.481 e. The fourth-order valence-electron chi connectivity index (χ4n) is 2.37. The lowest BCUT2D eigenvalue weighted by Gasteiger charge is -2.26. The van der Waals surface area contributed by atoms with Gasteiger partial charge in [-0.1, -0.05) is 31.2 Å². The highest BCUT2D eigenvalue weighted by atomic mass is 32.2. The van der Waals surface area contributed by atoms with Gasteiger partial charge in [-0.2, -0.15) is 0 Å². The van der Waals surface area contributed by atoms with Crippen LogP contribution in [0.1, 0.15) is 24.2 Å². The number of ether oxygens (including phenoxy) is 1. The Morgan fingerprint density at radius 2 is 2.15 bits per heavy atom. The van der Waals surface area contributed by atoms with Gasteiger partial charge in [-0.05, 0) is 17.5 Å². The van der Waals surface area contributed by atoms with Crippen LogP contribution in [0, 0.1) is 5.92 Å². The maximum Gasteiger partial charge on any atom is 0.307 e. The minimum Gasteiger partial charge on any atom is -0.481 e. The third-order valence-corrected chi connectivity index (χ3v) is 5.24. The summed E-state index contributed by atoms with van der Waals surface area (Å²) in [4.78, 5) is 10.8. The number of rotatable bonds is 5. The summed E-state index contributed by atoms with van der Waals surface area (Å²) in [5.74, 6) is -2.52. The van der Waals surface area contributed by atoms with Crippen molar-refractivity contribution in [3.05, 3.63) is 35.4 Å². The number of hydrogen-bond acceptors (Lipinski definition) is 4. The number of sulfone groups is 1. The molecule has 0 saturated heterocycles. The van der Waals surface area contributed by atoms with Gasteiger partial charge >= 0.3 is 5.97 Å². The van der Waals surface area contributed by atoms with Gasteiger partial charge in [0.1, 0.15) is 0 Å². The molecule has 0 spiro atoms. The molecule has 1 aliphatic heterocycles. The van der Waals surface area contributed by atoms with Crippen molar-refractivity contribution in [1.82, 2.24) is 0 Å². The molecule has 20 heavy (non-hydrogen) atoms. The van der Waals surface area contributed by atoms with Crippen LogP contribution in [0.15, 0.2) is 24.3 Å². The molecular weight excluding hydrogens is 280 g/mol. The Morgan fingerprint density at radius 1 is 1.45 bits per heavy atom. The highest BCUT2D eigenvalue weighted by molar-refractivity contribution is 7.91. The van der Waals surface area contributed by atoms with Crippen molar-refractivity contribution < 1.29 is 23.1 Å². The molecule has 1 aliphatic rings. The fraction of sp³-hybridized carbons (Fsp3) is 0.500. The molecule has 0 bridgehead atoms. The monoisotopic (exact) mass is 298 g/mol. The number of carbonyl (C=O) groups is 1. The van der Waals surface area contributed by atoms with Gasteiger partial charge in [0.25, 0.3) is 0 Å². The van der Waals surface area contributed by atoms with E-state index in [-0.39, 0.29) is 11.5 Å². The highest BCUT2D eigenvalue weighted by Crippen LogP contribution is 2.28. The molecule has 0 amide bonds. The second kappa shape index (κ2) is 5.93. The summed E-state index contributed by atoms with van der Waals surface area (Å²) >= 11 is 0. The molecule has 110 valence electrons. The van der Waals surface area contributed by atoms with Crippen LogP contribution in [-0.2, 0) is 25.8 Å². The maximum atomic E-state index is 12.1. The van der Waals surface area contributed by atoms with E-state index in [1.807, 2.05) is 24.3 Å². The summed E-state index contributed by atoms with van der Waals surface area (Å²) in [5, 5.41) is 8.81. The van der Waals surface area contributed by atoms with Crippen LogP contribution < -0.4 is 0 Å². The molecule has 2 atom stereocenters. The first-order chi connectivity index (χ1) is 9.39. The van der Waals surface area contributed by atoms with Crippen molar-refractivity contribution in [2.45, 2.75) is 19.4 Å². The summed E-state index contributed by atoms with van der Waals surface area (Å²) in [6, 6.07) is 7.61. The Kier molecular flexibility index (Phi) is 4.45. The Balaban J connectivity index is 2.13. The van der Waals surface area contributed by atoms with E-state index >= 15 is 0 Å². The van der Waals surface area contributed by atoms with Gasteiger partial charge in [-0.25, -0.2) is 8.42 Å². The van der Waals surface area contributed by atoms with E-state index in [1.165, 1.54) is 6.92 Å². The molecule has 1 aromatic rings. The number of carboxylic acid groups (broad SMARTS) is 1. The molecule has 1 N–H and O–H groups in total. The average Bonchev–Trinajstić information content (AvgIpc) is 2.38. The lowest BCUT2D eigenvalue weighted by atomic mass is 9.99. The van der Waals surface area contributed by atoms with Gasteiger partial charge < -0.3 is 9.84 Å². The van der Waals surface area contributed by atoms with Gasteiger partial charge in [0.2, 0.25) is 0 Å². The Bertz CT molecular complexity index is 593. The smallest absolute Gasteiger partial charge is 0.307 e. The molecule has 6 heteroatoms. The molecule has 0 saturated carbocycles. The first-order valence-electron chi connectivity index (χ1n) is 6.51. The fourth-order valence-corrected chi connectivity index (χ4v) is 4.14. The van der Waals surface area contributed by atoms with E-state index < -0.39 is 27.8 Å². The summed E-state index contributed by atoms with van der Waals surface area (Å²) in [7, 11) is -3.47. The molecule has 0 aliphatic carbocycles. The molecule has 0 fully saturated rings. The lowest BCUT2D eigenvalue weighted by Crippen LogP contribution is -2.28. The molecule has 0 aromatic heterocycles. The van der Waals surface area contributed by atoms with Crippen molar-refractivity contribution >= 4 is 15.8 Å². The number of hydrogen-bond donors (Lipinski definition) is 1. The third-order valence-electron chi connectivity index (χ3n) is 3.42. The highest BCUT2D eigenvalue weighted by Gasteiger charge is 2.28. The minimum atomic E-state index is -3.47. The Labute approximate surface area is 118 Å². The summed E-state index contributed by atoms with van der Waals surface area (Å²) in [6.07, 6.45) is 0.282. The Morgan fingerprint density at radius 3 is 2.85 bits per heavy atom. The standard InChI is InChI=1S/C14H18O5S/c1-10(14(15)16)8-20(17,18)9-13-12-5-3-2-4-11(12)6-7-19-13/h2-5,10,13H,6-9H2,1H3,(H,15,16). The molecule has 2 rings (SSSR count). The van der Waals surface area contributed by atoms with Crippen molar-refractivity contribution in [2.75, 3.05) is 18.1 Å². The predicted octanol–water partition coefficient (Wildman–Crippen LogP) is 1.44. The predicted molar refractivity (Wildman–Crippen MR) is 74.3 cm³/mol. The number of fused-ring (bicyclic) bond motifs is 1. The van der Waals surface area contributed by atoms with E-state index in [4.69, 9.17) is 9.84 Å². The number of aliphatic carboxylic acids is 1. The van der Waals surface area contributed by atoms with Gasteiger partial charge in [0.05, 0.1) is 30.1 Å². The zero-order chi connectivity index (χ0) is 14.8. The number of benzene rings is 1. The van der Waals surface area contributed by atoms with E-state index in [9.17, 15) is 13.2 Å². The average molecular weight is 298 g/mol. The second-order valence-electron chi connectivity index (χ2n) is 5.12. The van der Waals surface area contributed by atoms with Crippen LogP contribution in [0.2, 0.25) is 0 Å². The van der Waals surface area contributed by atoms with Crippen LogP contribution in [0.4, 0.5) is 0 Å². The van der Waals surface area contributed by atoms with E-state index in [0.717, 1.165) is 17.5 Å². The first kappa shape index (κ1) is 15.0. The lowest BCUT2D eigenvalue weighted by molar-refractivity contribution is -0.140. The molecule has 1 aromatic carbocycles. The van der Waals surface area contributed by atoms with Crippen molar-refractivity contribution in [3.63, 3.8) is 0 Å². The summed E-state index contributed by atoms with van der Waals surface area (Å²) < 4.78 is 29.7. The van der Waals surface area contributed by atoms with Gasteiger partial charge in [0.15, 0.2) is 9.84 Å². The summed E-state index contributed by atoms with van der Waals surface area (Å²) in [6.45, 7) is 1.89.